The zero-order chi connectivity index (χ0) is 28.0. The van der Waals surface area contributed by atoms with Gasteiger partial charge >= 0.3 is 0 Å². The number of unbranched alkanes of at least 4 members (excludes halogenated alkanes) is 27. The van der Waals surface area contributed by atoms with E-state index in [1.807, 2.05) is 0 Å². The summed E-state index contributed by atoms with van der Waals surface area (Å²) in [7, 11) is 0. The maximum atomic E-state index is 5.60. The van der Waals surface area contributed by atoms with Gasteiger partial charge in [-0.25, -0.2) is 0 Å². The Balaban J connectivity index is 0. The molecule has 0 aliphatic carbocycles. The molecule has 0 fully saturated rings. The molecule has 0 bridgehead atoms. The van der Waals surface area contributed by atoms with E-state index in [2.05, 4.69) is 26.1 Å². The first kappa shape index (κ1) is 40.4. The molecule has 0 aliphatic rings. The van der Waals surface area contributed by atoms with Crippen molar-refractivity contribution in [1.82, 2.24) is 5.32 Å². The molecule has 1 nitrogen and oxygen atoms in total. The number of alkyl halides is 1. The summed E-state index contributed by atoms with van der Waals surface area (Å²) in [5.74, 6) is 0.844. The van der Waals surface area contributed by atoms with Crippen molar-refractivity contribution >= 4 is 11.6 Å². The van der Waals surface area contributed by atoms with Crippen molar-refractivity contribution in [3.63, 3.8) is 0 Å². The van der Waals surface area contributed by atoms with Gasteiger partial charge in [-0.1, -0.05) is 194 Å². The fraction of sp³-hybridized carbons (Fsp3) is 1.00. The predicted octanol–water partition coefficient (Wildman–Crippen LogP) is 13.6. The van der Waals surface area contributed by atoms with Crippen LogP contribution in [0.1, 0.15) is 213 Å². The first-order valence-corrected chi connectivity index (χ1v) is 18.6. The second kappa shape index (κ2) is 41.7. The van der Waals surface area contributed by atoms with Crippen molar-refractivity contribution in [2.24, 2.45) is 0 Å². The van der Waals surface area contributed by atoms with Gasteiger partial charge in [0.25, 0.3) is 0 Å². The van der Waals surface area contributed by atoms with Crippen LogP contribution in [0.15, 0.2) is 0 Å². The summed E-state index contributed by atoms with van der Waals surface area (Å²) in [6, 6.07) is 0. The van der Waals surface area contributed by atoms with Crippen molar-refractivity contribution in [2.45, 2.75) is 213 Å². The smallest absolute Gasteiger partial charge is 0.0223 e. The average molecular weight is 558 g/mol. The molecule has 0 radical (unpaired) electrons. The minimum Gasteiger partial charge on any atom is -0.317 e. The number of hydrogen-bond acceptors (Lipinski definition) is 1. The van der Waals surface area contributed by atoms with Crippen LogP contribution in [-0.2, 0) is 0 Å². The number of nitrogens with one attached hydrogen (secondary N) is 1. The molecule has 0 heterocycles. The fourth-order valence-corrected chi connectivity index (χ4v) is 5.37. The average Bonchev–Trinajstić information content (AvgIpc) is 2.93. The van der Waals surface area contributed by atoms with Gasteiger partial charge in [0, 0.05) is 5.88 Å². The third kappa shape index (κ3) is 43.3. The van der Waals surface area contributed by atoms with Crippen molar-refractivity contribution in [2.75, 3.05) is 19.0 Å². The molecule has 0 aliphatic heterocycles. The third-order valence-electron chi connectivity index (χ3n) is 7.90. The minimum absolute atomic E-state index is 0.844. The highest BCUT2D eigenvalue weighted by Crippen LogP contribution is 2.12. The van der Waals surface area contributed by atoms with Crippen molar-refractivity contribution < 1.29 is 0 Å². The molecule has 232 valence electrons. The molecule has 0 aromatic carbocycles. The van der Waals surface area contributed by atoms with Crippen LogP contribution in [-0.4, -0.2) is 19.0 Å². The minimum atomic E-state index is 0.844. The summed E-state index contributed by atoms with van der Waals surface area (Å²) < 4.78 is 0. The lowest BCUT2D eigenvalue weighted by Crippen LogP contribution is -2.16. The molecule has 0 spiro atoms. The number of hydrogen-bond donors (Lipinski definition) is 1. The van der Waals surface area contributed by atoms with Gasteiger partial charge in [-0.15, -0.1) is 11.6 Å². The van der Waals surface area contributed by atoms with E-state index in [4.69, 9.17) is 11.6 Å². The Morgan fingerprint density at radius 3 is 0.737 bits per heavy atom. The van der Waals surface area contributed by atoms with E-state index in [1.54, 1.807) is 0 Å². The molecule has 0 aromatic heterocycles. The second-order valence-electron chi connectivity index (χ2n) is 12.0. The van der Waals surface area contributed by atoms with Crippen molar-refractivity contribution in [3.05, 3.63) is 0 Å². The summed E-state index contributed by atoms with van der Waals surface area (Å²) in [5, 5.41) is 3.64. The van der Waals surface area contributed by atoms with Gasteiger partial charge < -0.3 is 5.32 Å². The van der Waals surface area contributed by atoms with Crippen LogP contribution in [0.5, 0.6) is 0 Å². The van der Waals surface area contributed by atoms with Crippen LogP contribution in [0.25, 0.3) is 0 Å². The monoisotopic (exact) mass is 558 g/mol. The van der Waals surface area contributed by atoms with Crippen LogP contribution in [0.3, 0.4) is 0 Å². The third-order valence-corrected chi connectivity index (χ3v) is 8.17. The summed E-state index contributed by atoms with van der Waals surface area (Å²) >= 11 is 5.60. The van der Waals surface area contributed by atoms with E-state index in [9.17, 15) is 0 Å². The second-order valence-corrected chi connectivity index (χ2v) is 12.4. The van der Waals surface area contributed by atoms with Crippen LogP contribution in [0.2, 0.25) is 0 Å². The van der Waals surface area contributed by atoms with E-state index in [0.717, 1.165) is 5.88 Å². The largest absolute Gasteiger partial charge is 0.317 e. The molecule has 0 atom stereocenters. The molecule has 0 aromatic rings. The Morgan fingerprint density at radius 1 is 0.289 bits per heavy atom. The van der Waals surface area contributed by atoms with E-state index in [0.29, 0.717) is 0 Å². The maximum Gasteiger partial charge on any atom is 0.0223 e. The van der Waals surface area contributed by atoms with Gasteiger partial charge in [-0.3, -0.25) is 0 Å². The summed E-state index contributed by atoms with van der Waals surface area (Å²) in [6.45, 7) is 9.35. The molecular weight excluding hydrogens is 482 g/mol. The Kier molecular flexibility index (Phi) is 44.4. The predicted molar refractivity (Wildman–Crippen MR) is 179 cm³/mol. The van der Waals surface area contributed by atoms with Crippen molar-refractivity contribution in [3.8, 4) is 0 Å². The van der Waals surface area contributed by atoms with E-state index >= 15 is 0 Å². The lowest BCUT2D eigenvalue weighted by Gasteiger charge is -2.05. The molecule has 0 saturated heterocycles. The van der Waals surface area contributed by atoms with Gasteiger partial charge in [-0.2, -0.15) is 0 Å². The van der Waals surface area contributed by atoms with Crippen LogP contribution >= 0.6 is 11.6 Å². The molecule has 2 heteroatoms. The zero-order valence-corrected chi connectivity index (χ0v) is 28.0. The van der Waals surface area contributed by atoms with Gasteiger partial charge in [0.15, 0.2) is 0 Å². The molecule has 1 N–H and O–H groups in total. The molecule has 0 rings (SSSR count). The van der Waals surface area contributed by atoms with Gasteiger partial charge in [0.05, 0.1) is 0 Å². The topological polar surface area (TPSA) is 12.0 Å². The van der Waals surface area contributed by atoms with Crippen LogP contribution in [0, 0.1) is 0 Å². The normalized spacial score (nSPS) is 11.1. The fourth-order valence-electron chi connectivity index (χ4n) is 5.18. The first-order chi connectivity index (χ1) is 18.8. The summed E-state index contributed by atoms with van der Waals surface area (Å²) in [6.07, 6.45) is 42.7. The highest BCUT2D eigenvalue weighted by Gasteiger charge is 1.95. The van der Waals surface area contributed by atoms with Gasteiger partial charge in [-0.05, 0) is 32.4 Å². The summed E-state index contributed by atoms with van der Waals surface area (Å²) in [4.78, 5) is 0. The van der Waals surface area contributed by atoms with Crippen LogP contribution in [0.4, 0.5) is 0 Å². The standard InChI is InChI=1S/C24H51N.C12H25Cl/c1-3-5-7-9-11-13-15-17-19-21-23-25-24-22-20-18-16-14-12-10-8-6-4-2;1-2-3-4-5-6-7-8-9-10-11-12-13/h25H,3-24H2,1-2H3;2-12H2,1H3. The maximum absolute atomic E-state index is 5.60. The lowest BCUT2D eigenvalue weighted by molar-refractivity contribution is 0.525. The lowest BCUT2D eigenvalue weighted by atomic mass is 10.1. The highest BCUT2D eigenvalue weighted by molar-refractivity contribution is 6.17. The van der Waals surface area contributed by atoms with Crippen LogP contribution < -0.4 is 5.32 Å². The molecule has 0 unspecified atom stereocenters. The number of rotatable bonds is 32. The Morgan fingerprint density at radius 2 is 0.500 bits per heavy atom. The van der Waals surface area contributed by atoms with Gasteiger partial charge in [0.2, 0.25) is 0 Å². The van der Waals surface area contributed by atoms with E-state index < -0.39 is 0 Å². The summed E-state index contributed by atoms with van der Waals surface area (Å²) in [5.41, 5.74) is 0. The first-order valence-electron chi connectivity index (χ1n) is 18.1. The molecular formula is C36H76ClN. The molecule has 38 heavy (non-hydrogen) atoms. The Labute approximate surface area is 248 Å². The SMILES string of the molecule is CCCCCCCCCCCCCl.CCCCCCCCCCCCNCCCCCCCCCCCC. The quantitative estimate of drug-likeness (QED) is 0.0640. The zero-order valence-electron chi connectivity index (χ0n) is 27.2. The molecule has 0 amide bonds. The van der Waals surface area contributed by atoms with Gasteiger partial charge in [0.1, 0.15) is 0 Å². The van der Waals surface area contributed by atoms with Crippen molar-refractivity contribution in [1.29, 1.82) is 0 Å². The molecule has 0 saturated carbocycles. The Hall–Kier alpha value is 0.250. The van der Waals surface area contributed by atoms with E-state index in [1.165, 1.54) is 206 Å². The Bertz CT molecular complexity index is 327. The number of halogens is 1. The highest BCUT2D eigenvalue weighted by atomic mass is 35.5. The van der Waals surface area contributed by atoms with E-state index in [-0.39, 0.29) is 0 Å².